The average molecular weight is 350 g/mol. The lowest BCUT2D eigenvalue weighted by atomic mass is 10.0. The van der Waals surface area contributed by atoms with Gasteiger partial charge in [0.25, 0.3) is 0 Å². The average Bonchev–Trinajstić information content (AvgIpc) is 2.93. The molecule has 4 nitrogen and oxygen atoms in total. The van der Waals surface area contributed by atoms with E-state index in [1.54, 1.807) is 24.7 Å². The van der Waals surface area contributed by atoms with Gasteiger partial charge in [-0.05, 0) is 31.7 Å². The van der Waals surface area contributed by atoms with Crippen LogP contribution in [0.1, 0.15) is 31.2 Å². The van der Waals surface area contributed by atoms with Crippen molar-refractivity contribution in [3.05, 3.63) is 48.2 Å². The third kappa shape index (κ3) is 3.58. The zero-order chi connectivity index (χ0) is 15.6. The first-order valence-electron chi connectivity index (χ1n) is 8.21. The molecule has 1 aromatic carbocycles. The maximum Gasteiger partial charge on any atom is 0.129 e. The highest BCUT2D eigenvalue weighted by Gasteiger charge is 2.34. The van der Waals surface area contributed by atoms with Crippen molar-refractivity contribution in [1.29, 1.82) is 0 Å². The summed E-state index contributed by atoms with van der Waals surface area (Å²) in [5.74, 6) is -0.245. The first-order valence-corrected chi connectivity index (χ1v) is 8.21. The Balaban J connectivity index is 0.00000169. The van der Waals surface area contributed by atoms with Crippen LogP contribution >= 0.6 is 12.4 Å². The molecule has 6 heteroatoms. The van der Waals surface area contributed by atoms with Crippen molar-refractivity contribution in [3.63, 3.8) is 0 Å². The second-order valence-electron chi connectivity index (χ2n) is 6.40. The van der Waals surface area contributed by atoms with E-state index in [4.69, 9.17) is 4.74 Å². The van der Waals surface area contributed by atoms with E-state index >= 15 is 0 Å². The first kappa shape index (κ1) is 17.3. The molecular formula is C18H21ClFN3O. The molecule has 0 radical (unpaired) electrons. The van der Waals surface area contributed by atoms with Crippen molar-refractivity contribution in [2.75, 3.05) is 0 Å². The number of benzene rings is 1. The molecule has 2 aliphatic heterocycles. The van der Waals surface area contributed by atoms with Gasteiger partial charge in [0.15, 0.2) is 0 Å². The second kappa shape index (κ2) is 7.55. The molecule has 24 heavy (non-hydrogen) atoms. The van der Waals surface area contributed by atoms with Crippen LogP contribution in [0.5, 0.6) is 0 Å². The number of hydrogen-bond acceptors (Lipinski definition) is 4. The number of aromatic nitrogens is 2. The number of ether oxygens (including phenoxy) is 1. The number of nitrogens with one attached hydrogen (secondary N) is 1. The third-order valence-corrected chi connectivity index (χ3v) is 4.85. The van der Waals surface area contributed by atoms with Gasteiger partial charge in [0.05, 0.1) is 24.6 Å². The quantitative estimate of drug-likeness (QED) is 0.917. The molecule has 1 N–H and O–H groups in total. The van der Waals surface area contributed by atoms with Gasteiger partial charge in [0.1, 0.15) is 5.82 Å². The van der Waals surface area contributed by atoms with Crippen LogP contribution < -0.4 is 5.32 Å². The van der Waals surface area contributed by atoms with Gasteiger partial charge in [-0.1, -0.05) is 12.1 Å². The summed E-state index contributed by atoms with van der Waals surface area (Å²) in [5.41, 5.74) is 2.00. The summed E-state index contributed by atoms with van der Waals surface area (Å²) in [6.45, 7) is 0.280. The van der Waals surface area contributed by atoms with Crippen LogP contribution in [0.4, 0.5) is 4.39 Å². The van der Waals surface area contributed by atoms with Crippen LogP contribution in [0.15, 0.2) is 36.8 Å². The van der Waals surface area contributed by atoms with Crippen molar-refractivity contribution in [2.45, 2.75) is 50.5 Å². The Labute approximate surface area is 147 Å². The maximum absolute atomic E-state index is 14.3. The zero-order valence-corrected chi connectivity index (χ0v) is 14.1. The largest absolute Gasteiger partial charge is 0.373 e. The van der Waals surface area contributed by atoms with Gasteiger partial charge in [0, 0.05) is 35.6 Å². The molecule has 2 aliphatic rings. The summed E-state index contributed by atoms with van der Waals surface area (Å²) in [5, 5.41) is 3.59. The molecule has 0 aliphatic carbocycles. The summed E-state index contributed by atoms with van der Waals surface area (Å²) < 4.78 is 20.4. The highest BCUT2D eigenvalue weighted by molar-refractivity contribution is 5.85. The first-order chi connectivity index (χ1) is 11.3. The van der Waals surface area contributed by atoms with E-state index in [9.17, 15) is 4.39 Å². The van der Waals surface area contributed by atoms with E-state index in [0.717, 1.165) is 18.4 Å². The topological polar surface area (TPSA) is 47.0 Å². The molecule has 128 valence electrons. The SMILES string of the molecule is Cl.Fc1cccc(-c2cnccn2)c1COC1C[C@H]2CC[C@@H](C1)N2. The molecule has 4 rings (SSSR count). The van der Waals surface area contributed by atoms with Gasteiger partial charge in [-0.2, -0.15) is 0 Å². The van der Waals surface area contributed by atoms with E-state index in [-0.39, 0.29) is 30.9 Å². The van der Waals surface area contributed by atoms with Crippen LogP contribution in [-0.4, -0.2) is 28.2 Å². The highest BCUT2D eigenvalue weighted by Crippen LogP contribution is 2.30. The van der Waals surface area contributed by atoms with Gasteiger partial charge >= 0.3 is 0 Å². The molecule has 2 saturated heterocycles. The Morgan fingerprint density at radius 1 is 1.17 bits per heavy atom. The predicted molar refractivity (Wildman–Crippen MR) is 92.4 cm³/mol. The van der Waals surface area contributed by atoms with Crippen LogP contribution in [-0.2, 0) is 11.3 Å². The molecule has 2 bridgehead atoms. The summed E-state index contributed by atoms with van der Waals surface area (Å²) in [6, 6.07) is 6.19. The summed E-state index contributed by atoms with van der Waals surface area (Å²) in [7, 11) is 0. The molecule has 3 atom stereocenters. The Morgan fingerprint density at radius 3 is 2.67 bits per heavy atom. The summed E-state index contributed by atoms with van der Waals surface area (Å²) >= 11 is 0. The van der Waals surface area contributed by atoms with E-state index < -0.39 is 0 Å². The summed E-state index contributed by atoms with van der Waals surface area (Å²) in [6.07, 6.45) is 9.60. The predicted octanol–water partition coefficient (Wildman–Crippen LogP) is 3.50. The maximum atomic E-state index is 14.3. The Bertz CT molecular complexity index is 673. The van der Waals surface area contributed by atoms with Gasteiger partial charge < -0.3 is 10.1 Å². The fraction of sp³-hybridized carbons (Fsp3) is 0.444. The lowest BCUT2D eigenvalue weighted by Crippen LogP contribution is -2.41. The van der Waals surface area contributed by atoms with Crippen molar-refractivity contribution in [1.82, 2.24) is 15.3 Å². The van der Waals surface area contributed by atoms with E-state index in [0.29, 0.717) is 23.3 Å². The number of hydrogen-bond donors (Lipinski definition) is 1. The van der Waals surface area contributed by atoms with E-state index in [1.807, 2.05) is 6.07 Å². The number of piperidine rings is 1. The van der Waals surface area contributed by atoms with Gasteiger partial charge in [-0.3, -0.25) is 9.97 Å². The molecule has 0 amide bonds. The van der Waals surface area contributed by atoms with Gasteiger partial charge in [-0.25, -0.2) is 4.39 Å². The molecule has 2 fully saturated rings. The number of fused-ring (bicyclic) bond motifs is 2. The normalized spacial score (nSPS) is 25.3. The molecule has 2 aromatic rings. The standard InChI is InChI=1S/C18H20FN3O.ClH/c19-17-3-1-2-15(18-10-20-6-7-21-18)16(17)11-23-14-8-12-4-5-13(9-14)22-12;/h1-3,6-7,10,12-14,22H,4-5,8-9,11H2;1H/t12-,13+,14?;. The Morgan fingerprint density at radius 2 is 1.96 bits per heavy atom. The Kier molecular flexibility index (Phi) is 5.43. The fourth-order valence-corrected chi connectivity index (χ4v) is 3.73. The van der Waals surface area contributed by atoms with Crippen LogP contribution in [0.3, 0.4) is 0 Å². The van der Waals surface area contributed by atoms with Crippen molar-refractivity contribution < 1.29 is 9.13 Å². The number of rotatable bonds is 4. The van der Waals surface area contributed by atoms with Crippen LogP contribution in [0.2, 0.25) is 0 Å². The van der Waals surface area contributed by atoms with Crippen molar-refractivity contribution in [2.24, 2.45) is 0 Å². The minimum absolute atomic E-state index is 0. The highest BCUT2D eigenvalue weighted by atomic mass is 35.5. The third-order valence-electron chi connectivity index (χ3n) is 4.85. The molecule has 0 saturated carbocycles. The molecule has 1 unspecified atom stereocenters. The minimum Gasteiger partial charge on any atom is -0.373 e. The molecule has 1 aromatic heterocycles. The Hall–Kier alpha value is -1.56. The lowest BCUT2D eigenvalue weighted by molar-refractivity contribution is 0.00820. The fourth-order valence-electron chi connectivity index (χ4n) is 3.73. The van der Waals surface area contributed by atoms with Gasteiger partial charge in [0.2, 0.25) is 0 Å². The number of halogens is 2. The lowest BCUT2D eigenvalue weighted by Gasteiger charge is -2.29. The van der Waals surface area contributed by atoms with Gasteiger partial charge in [-0.15, -0.1) is 12.4 Å². The second-order valence-corrected chi connectivity index (χ2v) is 6.40. The summed E-state index contributed by atoms with van der Waals surface area (Å²) in [4.78, 5) is 8.36. The van der Waals surface area contributed by atoms with E-state index in [1.165, 1.54) is 18.9 Å². The molecule has 0 spiro atoms. The molecular weight excluding hydrogens is 329 g/mol. The zero-order valence-electron chi connectivity index (χ0n) is 13.3. The van der Waals surface area contributed by atoms with Crippen molar-refractivity contribution in [3.8, 4) is 11.3 Å². The van der Waals surface area contributed by atoms with Crippen LogP contribution in [0.25, 0.3) is 11.3 Å². The number of nitrogens with zero attached hydrogens (tertiary/aromatic N) is 2. The monoisotopic (exact) mass is 349 g/mol. The van der Waals surface area contributed by atoms with Crippen molar-refractivity contribution >= 4 is 12.4 Å². The van der Waals surface area contributed by atoms with E-state index in [2.05, 4.69) is 15.3 Å². The van der Waals surface area contributed by atoms with Crippen LogP contribution in [0, 0.1) is 5.82 Å². The minimum atomic E-state index is -0.245. The molecule has 3 heterocycles. The smallest absolute Gasteiger partial charge is 0.129 e.